The molecule has 2 N–H and O–H groups in total. The molecular formula is C16H17NO2S. The molecule has 1 aromatic heterocycles. The second kappa shape index (κ2) is 7.03. The van der Waals surface area contributed by atoms with Crippen LogP contribution in [0.25, 0.3) is 6.08 Å². The van der Waals surface area contributed by atoms with Gasteiger partial charge in [0.2, 0.25) is 5.91 Å². The van der Waals surface area contributed by atoms with Gasteiger partial charge in [0, 0.05) is 12.6 Å². The Balaban J connectivity index is 1.85. The molecule has 0 aliphatic carbocycles. The molecule has 1 heterocycles. The summed E-state index contributed by atoms with van der Waals surface area (Å²) >= 11 is 1.52. The Morgan fingerprint density at radius 1 is 1.40 bits per heavy atom. The number of aliphatic hydroxyl groups is 1. The normalized spacial score (nSPS) is 12.5. The van der Waals surface area contributed by atoms with Crippen LogP contribution < -0.4 is 5.32 Å². The van der Waals surface area contributed by atoms with Gasteiger partial charge in [0.15, 0.2) is 0 Å². The third kappa shape index (κ3) is 4.05. The zero-order valence-electron chi connectivity index (χ0n) is 11.2. The number of rotatable bonds is 5. The number of hydrogen-bond donors (Lipinski definition) is 2. The molecule has 0 saturated carbocycles. The van der Waals surface area contributed by atoms with Crippen LogP contribution in [0.2, 0.25) is 0 Å². The molecule has 1 unspecified atom stereocenters. The van der Waals surface area contributed by atoms with E-state index in [2.05, 4.69) is 5.32 Å². The van der Waals surface area contributed by atoms with Crippen LogP contribution in [0.5, 0.6) is 0 Å². The van der Waals surface area contributed by atoms with Crippen molar-refractivity contribution in [2.24, 2.45) is 0 Å². The van der Waals surface area contributed by atoms with Gasteiger partial charge in [-0.3, -0.25) is 4.79 Å². The van der Waals surface area contributed by atoms with E-state index < -0.39 is 6.10 Å². The molecule has 0 bridgehead atoms. The Morgan fingerprint density at radius 2 is 2.20 bits per heavy atom. The van der Waals surface area contributed by atoms with E-state index in [1.54, 1.807) is 6.08 Å². The molecule has 104 valence electrons. The lowest BCUT2D eigenvalue weighted by Gasteiger charge is -2.09. The zero-order valence-corrected chi connectivity index (χ0v) is 12.1. The summed E-state index contributed by atoms with van der Waals surface area (Å²) in [4.78, 5) is 11.7. The second-order valence-corrected chi connectivity index (χ2v) is 5.29. The van der Waals surface area contributed by atoms with Crippen molar-refractivity contribution < 1.29 is 9.90 Å². The fraction of sp³-hybridized carbons (Fsp3) is 0.188. The van der Waals surface area contributed by atoms with E-state index in [0.717, 1.165) is 16.7 Å². The first kappa shape index (κ1) is 14.5. The smallest absolute Gasteiger partial charge is 0.244 e. The lowest BCUT2D eigenvalue weighted by Crippen LogP contribution is -2.26. The van der Waals surface area contributed by atoms with E-state index in [1.165, 1.54) is 17.4 Å². The minimum absolute atomic E-state index is 0.206. The van der Waals surface area contributed by atoms with Gasteiger partial charge in [0.05, 0.1) is 6.10 Å². The summed E-state index contributed by atoms with van der Waals surface area (Å²) in [5.41, 5.74) is 2.97. The molecule has 2 aromatic rings. The van der Waals surface area contributed by atoms with Crippen LogP contribution >= 0.6 is 11.3 Å². The molecule has 0 radical (unpaired) electrons. The molecule has 20 heavy (non-hydrogen) atoms. The third-order valence-electron chi connectivity index (χ3n) is 3.00. The van der Waals surface area contributed by atoms with Crippen molar-refractivity contribution in [3.63, 3.8) is 0 Å². The zero-order chi connectivity index (χ0) is 14.4. The van der Waals surface area contributed by atoms with E-state index in [1.807, 2.05) is 48.0 Å². The highest BCUT2D eigenvalue weighted by molar-refractivity contribution is 7.07. The molecule has 1 atom stereocenters. The standard InChI is InChI=1S/C16H17NO2S/c1-12-4-2-3-5-13(12)6-7-16(19)17-10-15(18)14-8-9-20-11-14/h2-9,11,15,18H,10H2,1H3,(H,17,19)/b7-6+. The van der Waals surface area contributed by atoms with Crippen molar-refractivity contribution in [1.82, 2.24) is 5.32 Å². The van der Waals surface area contributed by atoms with E-state index >= 15 is 0 Å². The highest BCUT2D eigenvalue weighted by atomic mass is 32.1. The second-order valence-electron chi connectivity index (χ2n) is 4.51. The molecule has 0 fully saturated rings. The molecule has 1 aromatic carbocycles. The number of carbonyl (C=O) groups excluding carboxylic acids is 1. The number of aryl methyl sites for hydroxylation is 1. The minimum Gasteiger partial charge on any atom is -0.387 e. The maximum absolute atomic E-state index is 11.7. The van der Waals surface area contributed by atoms with E-state index in [-0.39, 0.29) is 12.5 Å². The number of hydrogen-bond acceptors (Lipinski definition) is 3. The molecule has 1 amide bonds. The number of amides is 1. The Bertz CT molecular complexity index is 590. The maximum Gasteiger partial charge on any atom is 0.244 e. The van der Waals surface area contributed by atoms with E-state index in [9.17, 15) is 9.90 Å². The van der Waals surface area contributed by atoms with Crippen LogP contribution in [0.1, 0.15) is 22.8 Å². The maximum atomic E-state index is 11.7. The number of aliphatic hydroxyl groups excluding tert-OH is 1. The lowest BCUT2D eigenvalue weighted by atomic mass is 10.1. The summed E-state index contributed by atoms with van der Waals surface area (Å²) in [5, 5.41) is 16.3. The average molecular weight is 287 g/mol. The summed E-state index contributed by atoms with van der Waals surface area (Å²) in [6.07, 6.45) is 2.61. The van der Waals surface area contributed by atoms with Crippen molar-refractivity contribution in [3.8, 4) is 0 Å². The molecule has 4 heteroatoms. The van der Waals surface area contributed by atoms with Crippen LogP contribution in [-0.4, -0.2) is 17.6 Å². The monoisotopic (exact) mass is 287 g/mol. The molecule has 3 nitrogen and oxygen atoms in total. The van der Waals surface area contributed by atoms with E-state index in [4.69, 9.17) is 0 Å². The predicted molar refractivity (Wildman–Crippen MR) is 82.5 cm³/mol. The van der Waals surface area contributed by atoms with Crippen LogP contribution in [0.4, 0.5) is 0 Å². The topological polar surface area (TPSA) is 49.3 Å². The van der Waals surface area contributed by atoms with Crippen molar-refractivity contribution in [1.29, 1.82) is 0 Å². The van der Waals surface area contributed by atoms with Gasteiger partial charge in [0.25, 0.3) is 0 Å². The van der Waals surface area contributed by atoms with Gasteiger partial charge in [-0.1, -0.05) is 24.3 Å². The van der Waals surface area contributed by atoms with Crippen molar-refractivity contribution in [3.05, 3.63) is 63.9 Å². The Hall–Kier alpha value is -1.91. The van der Waals surface area contributed by atoms with Gasteiger partial charge < -0.3 is 10.4 Å². The predicted octanol–water partition coefficient (Wildman–Crippen LogP) is 2.92. The van der Waals surface area contributed by atoms with Crippen molar-refractivity contribution in [2.75, 3.05) is 6.54 Å². The van der Waals surface area contributed by atoms with Gasteiger partial charge in [-0.05, 0) is 46.5 Å². The Morgan fingerprint density at radius 3 is 2.90 bits per heavy atom. The largest absolute Gasteiger partial charge is 0.387 e. The summed E-state index contributed by atoms with van der Waals surface area (Å²) in [7, 11) is 0. The van der Waals surface area contributed by atoms with Gasteiger partial charge in [-0.2, -0.15) is 11.3 Å². The average Bonchev–Trinajstić information content (AvgIpc) is 2.98. The molecule has 0 spiro atoms. The number of carbonyl (C=O) groups is 1. The first-order valence-corrected chi connectivity index (χ1v) is 7.33. The van der Waals surface area contributed by atoms with E-state index in [0.29, 0.717) is 0 Å². The summed E-state index contributed by atoms with van der Waals surface area (Å²) in [6, 6.07) is 9.71. The quantitative estimate of drug-likeness (QED) is 0.831. The first-order chi connectivity index (χ1) is 9.66. The molecule has 2 rings (SSSR count). The Labute approximate surface area is 122 Å². The fourth-order valence-electron chi connectivity index (χ4n) is 1.78. The number of benzene rings is 1. The summed E-state index contributed by atoms with van der Waals surface area (Å²) in [6.45, 7) is 2.21. The van der Waals surface area contributed by atoms with Gasteiger partial charge in [-0.15, -0.1) is 0 Å². The fourth-order valence-corrected chi connectivity index (χ4v) is 2.48. The number of nitrogens with one attached hydrogen (secondary N) is 1. The Kier molecular flexibility index (Phi) is 5.09. The lowest BCUT2D eigenvalue weighted by molar-refractivity contribution is -0.116. The van der Waals surface area contributed by atoms with Gasteiger partial charge in [-0.25, -0.2) is 0 Å². The van der Waals surface area contributed by atoms with Crippen LogP contribution in [0.3, 0.4) is 0 Å². The minimum atomic E-state index is -0.655. The number of thiophene rings is 1. The molecular weight excluding hydrogens is 270 g/mol. The highest BCUT2D eigenvalue weighted by Crippen LogP contribution is 2.15. The SMILES string of the molecule is Cc1ccccc1/C=C/C(=O)NCC(O)c1ccsc1. The molecule has 0 saturated heterocycles. The summed E-state index contributed by atoms with van der Waals surface area (Å²) in [5.74, 6) is -0.206. The molecule has 0 aliphatic heterocycles. The van der Waals surface area contributed by atoms with Crippen LogP contribution in [-0.2, 0) is 4.79 Å². The molecule has 0 aliphatic rings. The van der Waals surface area contributed by atoms with Gasteiger partial charge >= 0.3 is 0 Å². The van der Waals surface area contributed by atoms with Crippen molar-refractivity contribution in [2.45, 2.75) is 13.0 Å². The summed E-state index contributed by atoms with van der Waals surface area (Å²) < 4.78 is 0. The first-order valence-electron chi connectivity index (χ1n) is 6.38. The van der Waals surface area contributed by atoms with Crippen LogP contribution in [0.15, 0.2) is 47.2 Å². The van der Waals surface area contributed by atoms with Crippen molar-refractivity contribution >= 4 is 23.3 Å². The highest BCUT2D eigenvalue weighted by Gasteiger charge is 2.08. The van der Waals surface area contributed by atoms with Gasteiger partial charge in [0.1, 0.15) is 0 Å². The van der Waals surface area contributed by atoms with Crippen LogP contribution in [0, 0.1) is 6.92 Å². The third-order valence-corrected chi connectivity index (χ3v) is 3.70.